The summed E-state index contributed by atoms with van der Waals surface area (Å²) < 4.78 is 50.7. The summed E-state index contributed by atoms with van der Waals surface area (Å²) in [6.45, 7) is 12.5. The average Bonchev–Trinajstić information content (AvgIpc) is 3.14. The number of nitrogens with zero attached hydrogens (tertiary/aromatic N) is 3. The van der Waals surface area contributed by atoms with Gasteiger partial charge >= 0.3 is 292 Å². The molecule has 0 amide bonds. The molecule has 3 aromatic carbocycles. The molecule has 4 aliphatic heterocycles. The molecule has 3 aromatic rings. The Kier molecular flexibility index (Phi) is 12.5. The van der Waals surface area contributed by atoms with Crippen LogP contribution in [-0.2, 0) is 44.2 Å². The van der Waals surface area contributed by atoms with Crippen molar-refractivity contribution < 1.29 is 37.6 Å². The number of ether oxygens (including phenoxy) is 5. The summed E-state index contributed by atoms with van der Waals surface area (Å²) in [6.07, 6.45) is -5.45. The van der Waals surface area contributed by atoms with Gasteiger partial charge in [-0.1, -0.05) is 18.2 Å². The summed E-state index contributed by atoms with van der Waals surface area (Å²) in [6, 6.07) is 29.6. The Morgan fingerprint density at radius 2 is 1.54 bits per heavy atom. The molecule has 0 spiro atoms. The Bertz CT molecular complexity index is 1670. The Balaban J connectivity index is 1.34. The first kappa shape index (κ1) is 38.5. The van der Waals surface area contributed by atoms with E-state index in [0.29, 0.717) is 0 Å². The molecule has 15 heteroatoms. The summed E-state index contributed by atoms with van der Waals surface area (Å²) in [5, 5.41) is 6.17. The van der Waals surface area contributed by atoms with Gasteiger partial charge in [0.05, 0.1) is 0 Å². The van der Waals surface area contributed by atoms with Crippen LogP contribution in [0.1, 0.15) is 40.2 Å². The molecule has 4 saturated heterocycles. The molecular formula is C37H45B2N3O8PSi. The summed E-state index contributed by atoms with van der Waals surface area (Å²) >= 11 is 0. The van der Waals surface area contributed by atoms with Crippen molar-refractivity contribution in [2.75, 3.05) is 6.61 Å². The second-order valence-corrected chi connectivity index (χ2v) is 20.2. The van der Waals surface area contributed by atoms with E-state index in [0.717, 1.165) is 23.0 Å². The number of benzene rings is 3. The van der Waals surface area contributed by atoms with Gasteiger partial charge in [0.1, 0.15) is 0 Å². The number of esters is 1. The number of hydrogen-bond donors (Lipinski definition) is 0. The van der Waals surface area contributed by atoms with Crippen molar-refractivity contribution in [2.24, 2.45) is 11.0 Å². The van der Waals surface area contributed by atoms with Gasteiger partial charge in [-0.2, -0.15) is 0 Å². The van der Waals surface area contributed by atoms with Gasteiger partial charge in [-0.05, 0) is 0 Å². The van der Waals surface area contributed by atoms with E-state index >= 15 is 0 Å². The van der Waals surface area contributed by atoms with Crippen molar-refractivity contribution in [3.8, 4) is 0 Å². The molecule has 7 rings (SSSR count). The number of carbonyl (C=O) groups is 1. The van der Waals surface area contributed by atoms with Crippen molar-refractivity contribution in [1.29, 1.82) is 0 Å². The van der Waals surface area contributed by atoms with E-state index in [1.54, 1.807) is 6.89 Å². The third-order valence-corrected chi connectivity index (χ3v) is 16.9. The molecule has 1 radical (unpaired) electrons. The predicted octanol–water partition coefficient (Wildman–Crippen LogP) is 4.92. The zero-order valence-electron chi connectivity index (χ0n) is 30.1. The molecule has 4 heterocycles. The Morgan fingerprint density at radius 1 is 0.923 bits per heavy atom. The van der Waals surface area contributed by atoms with Gasteiger partial charge in [0, 0.05) is 0 Å². The molecule has 0 saturated carbocycles. The maximum absolute atomic E-state index is 13.1. The van der Waals surface area contributed by atoms with Crippen molar-refractivity contribution in [2.45, 2.75) is 101 Å². The van der Waals surface area contributed by atoms with Crippen LogP contribution in [0, 0.1) is 5.92 Å². The fraction of sp³-hybridized carbons (Fsp3) is 0.486. The molecule has 0 aromatic heterocycles. The number of carbonyl (C=O) groups excluding carboxylic acids is 1. The Morgan fingerprint density at radius 3 is 2.12 bits per heavy atom. The average molecular weight is 740 g/mol. The van der Waals surface area contributed by atoms with Gasteiger partial charge < -0.3 is 0 Å². The molecule has 5 unspecified atom stereocenters. The number of azide groups is 1. The molecule has 11 atom stereocenters. The molecule has 52 heavy (non-hydrogen) atoms. The van der Waals surface area contributed by atoms with Crippen molar-refractivity contribution in [3.05, 3.63) is 107 Å². The molecule has 2 bridgehead atoms. The van der Waals surface area contributed by atoms with E-state index in [1.807, 2.05) is 80.6 Å². The first-order valence-corrected chi connectivity index (χ1v) is 20.8. The summed E-state index contributed by atoms with van der Waals surface area (Å²) in [5.41, 5.74) is 10.4. The van der Waals surface area contributed by atoms with Crippen LogP contribution >= 0.6 is 8.46 Å². The summed E-state index contributed by atoms with van der Waals surface area (Å²) in [7, 11) is -2.18. The second kappa shape index (κ2) is 16.9. The molecule has 0 N–H and O–H groups in total. The zero-order chi connectivity index (χ0) is 36.9. The fourth-order valence-corrected chi connectivity index (χ4v) is 13.6. The minimum absolute atomic E-state index is 0.0149. The predicted molar refractivity (Wildman–Crippen MR) is 203 cm³/mol. The molecule has 4 aliphatic rings. The van der Waals surface area contributed by atoms with Crippen LogP contribution in [0.15, 0.2) is 96.1 Å². The van der Waals surface area contributed by atoms with Crippen molar-refractivity contribution in [1.82, 2.24) is 0 Å². The molecule has 271 valence electrons. The third-order valence-electron chi connectivity index (χ3n) is 10.4. The van der Waals surface area contributed by atoms with Crippen LogP contribution in [-0.4, -0.2) is 89.4 Å². The Hall–Kier alpha value is -3.18. The zero-order valence-corrected chi connectivity index (χ0v) is 32.1. The van der Waals surface area contributed by atoms with Gasteiger partial charge in [-0.3, -0.25) is 0 Å². The molecular weight excluding hydrogens is 695 g/mol. The van der Waals surface area contributed by atoms with E-state index in [9.17, 15) is 15.0 Å². The fourth-order valence-electron chi connectivity index (χ4n) is 7.77. The normalized spacial score (nSPS) is 30.4. The van der Waals surface area contributed by atoms with E-state index in [2.05, 4.69) is 55.1 Å². The van der Waals surface area contributed by atoms with E-state index in [1.165, 1.54) is 0 Å². The van der Waals surface area contributed by atoms with Gasteiger partial charge in [-0.25, -0.2) is 0 Å². The van der Waals surface area contributed by atoms with Crippen LogP contribution in [0.4, 0.5) is 0 Å². The monoisotopic (exact) mass is 740 g/mol. The second-order valence-electron chi connectivity index (χ2n) is 14.6. The van der Waals surface area contributed by atoms with Crippen LogP contribution in [0.5, 0.6) is 0 Å². The van der Waals surface area contributed by atoms with Gasteiger partial charge in [0.2, 0.25) is 0 Å². The van der Waals surface area contributed by atoms with Crippen molar-refractivity contribution >= 4 is 47.0 Å². The quantitative estimate of drug-likeness (QED) is 0.0568. The molecule has 4 fully saturated rings. The topological polar surface area (TPSA) is 138 Å². The van der Waals surface area contributed by atoms with E-state index in [-0.39, 0.29) is 38.3 Å². The molecule has 11 nitrogen and oxygen atoms in total. The first-order chi connectivity index (χ1) is 25.1. The summed E-state index contributed by atoms with van der Waals surface area (Å²) in [4.78, 5) is 16.3. The number of rotatable bonds is 14. The van der Waals surface area contributed by atoms with Gasteiger partial charge in [0.15, 0.2) is 0 Å². The summed E-state index contributed by atoms with van der Waals surface area (Å²) in [5.74, 6) is -0.742. The SMILES string of the molecule is C[C@@H]1OC2C(=O)OC1[C@H](OCc1ccccc1)[C@@H]2O[C@H]1OC(CO[Si](c2ccccc2)(c2ccccc2)C(C)(C)C)[C@@H](C)[C@H](P[B]B=O)C1N=[N+]=[N-]. The van der Waals surface area contributed by atoms with Crippen LogP contribution in [0.25, 0.3) is 10.4 Å². The maximum atomic E-state index is 13.1. The minimum atomic E-state index is -2.95. The third kappa shape index (κ3) is 7.86. The van der Waals surface area contributed by atoms with Crippen LogP contribution < -0.4 is 10.4 Å². The van der Waals surface area contributed by atoms with Crippen molar-refractivity contribution in [3.63, 3.8) is 0 Å². The van der Waals surface area contributed by atoms with Crippen LogP contribution in [0.3, 0.4) is 0 Å². The van der Waals surface area contributed by atoms with Gasteiger partial charge in [0.25, 0.3) is 0 Å². The van der Waals surface area contributed by atoms with Crippen LogP contribution in [0.2, 0.25) is 5.04 Å². The Labute approximate surface area is 309 Å². The standard InChI is InChI=1S/C37H45B2N3O8PSi/c1-23-28(22-46-52(37(3,4)5,26-17-11-7-12-18-26)27-19-13-8-14-20-27)48-36(29(41-42-40)34(23)51-39-38-44)50-32-31(45-21-25-15-9-6-10-16-25)30-24(2)47-33(32)35(43)49-30/h6-20,23-24,28-34,36,51H,21-22H2,1-5H3/t23-,24+,28?,29?,30?,31+,32+,33?,34+,36-/m1/s1. The van der Waals surface area contributed by atoms with E-state index in [4.69, 9.17) is 28.1 Å². The van der Waals surface area contributed by atoms with Gasteiger partial charge in [-0.15, -0.1) is 0 Å². The number of fused-ring (bicyclic) bond motifs is 3. The first-order valence-electron chi connectivity index (χ1n) is 17.7. The van der Waals surface area contributed by atoms with E-state index < -0.39 is 63.2 Å². The number of hydrogen-bond acceptors (Lipinski definition) is 9. The molecule has 0 aliphatic carbocycles.